The maximum atomic E-state index is 12.0. The molecule has 0 spiro atoms. The van der Waals surface area contributed by atoms with Crippen LogP contribution in [0.1, 0.15) is 48.2 Å². The van der Waals surface area contributed by atoms with E-state index in [0.29, 0.717) is 22.8 Å². The number of thioether (sulfide) groups is 1. The number of ether oxygens (including phenoxy) is 1. The molecule has 0 aliphatic carbocycles. The van der Waals surface area contributed by atoms with Gasteiger partial charge in [-0.1, -0.05) is 32.9 Å². The van der Waals surface area contributed by atoms with Crippen LogP contribution in [-0.4, -0.2) is 24.7 Å². The minimum absolute atomic E-state index is 0.0939. The summed E-state index contributed by atoms with van der Waals surface area (Å²) in [6, 6.07) is 9.87. The summed E-state index contributed by atoms with van der Waals surface area (Å²) in [6.07, 6.45) is 0. The first-order valence-electron chi connectivity index (χ1n) is 8.38. The molecule has 0 saturated heterocycles. The highest BCUT2D eigenvalue weighted by Gasteiger charge is 2.16. The fraction of sp³-hybridized carbons (Fsp3) is 0.400. The first-order valence-corrected chi connectivity index (χ1v) is 9.37. The van der Waals surface area contributed by atoms with E-state index in [2.05, 4.69) is 43.0 Å². The van der Waals surface area contributed by atoms with Gasteiger partial charge >= 0.3 is 5.97 Å². The molecule has 0 aliphatic rings. The molecule has 0 fully saturated rings. The van der Waals surface area contributed by atoms with Crippen molar-refractivity contribution in [2.75, 3.05) is 12.9 Å². The lowest BCUT2D eigenvalue weighted by molar-refractivity contribution is -0.118. The summed E-state index contributed by atoms with van der Waals surface area (Å²) < 4.78 is 10.2. The van der Waals surface area contributed by atoms with Gasteiger partial charge in [0.25, 0.3) is 0 Å². The van der Waals surface area contributed by atoms with Crippen LogP contribution in [0.4, 0.5) is 0 Å². The number of hydrogen-bond acceptors (Lipinski definition) is 5. The number of carbonyl (C=O) groups excluding carboxylic acids is 2. The summed E-state index contributed by atoms with van der Waals surface area (Å²) in [4.78, 5) is 24.6. The minimum atomic E-state index is -0.446. The van der Waals surface area contributed by atoms with Gasteiger partial charge in [0.05, 0.1) is 19.4 Å². The Morgan fingerprint density at radius 3 is 2.42 bits per heavy atom. The van der Waals surface area contributed by atoms with Crippen molar-refractivity contribution in [3.63, 3.8) is 0 Å². The van der Waals surface area contributed by atoms with Gasteiger partial charge in [-0.2, -0.15) is 0 Å². The SMILES string of the molecule is COC(=O)c1cc(CNC(=O)CSc2ccc(C(C)(C)C)cc2)oc1C. The number of nitrogens with one attached hydrogen (secondary N) is 1. The monoisotopic (exact) mass is 375 g/mol. The van der Waals surface area contributed by atoms with Gasteiger partial charge in [0.15, 0.2) is 0 Å². The van der Waals surface area contributed by atoms with Crippen molar-refractivity contribution in [1.82, 2.24) is 5.32 Å². The second kappa shape index (κ2) is 8.45. The van der Waals surface area contributed by atoms with E-state index in [-0.39, 0.29) is 17.9 Å². The van der Waals surface area contributed by atoms with Crippen LogP contribution < -0.4 is 5.32 Å². The summed E-state index contributed by atoms with van der Waals surface area (Å²) in [7, 11) is 1.32. The highest BCUT2D eigenvalue weighted by atomic mass is 32.2. The van der Waals surface area contributed by atoms with Crippen molar-refractivity contribution in [2.24, 2.45) is 0 Å². The standard InChI is InChI=1S/C20H25NO4S/c1-13-17(19(23)24-5)10-15(25-13)11-21-18(22)12-26-16-8-6-14(7-9-16)20(2,3)4/h6-10H,11-12H2,1-5H3,(H,21,22). The average molecular weight is 375 g/mol. The molecule has 2 rings (SSSR count). The van der Waals surface area contributed by atoms with Crippen molar-refractivity contribution in [3.05, 3.63) is 53.0 Å². The first-order chi connectivity index (χ1) is 12.2. The maximum absolute atomic E-state index is 12.0. The molecule has 1 heterocycles. The third kappa shape index (κ3) is 5.39. The minimum Gasteiger partial charge on any atom is -0.465 e. The Morgan fingerprint density at radius 1 is 1.19 bits per heavy atom. The summed E-state index contributed by atoms with van der Waals surface area (Å²) in [5, 5.41) is 2.80. The Balaban J connectivity index is 1.83. The summed E-state index contributed by atoms with van der Waals surface area (Å²) >= 11 is 1.48. The van der Waals surface area contributed by atoms with Crippen LogP contribution in [0.3, 0.4) is 0 Å². The number of aryl methyl sites for hydroxylation is 1. The second-order valence-electron chi connectivity index (χ2n) is 7.01. The van der Waals surface area contributed by atoms with Gasteiger partial charge < -0.3 is 14.5 Å². The third-order valence-electron chi connectivity index (χ3n) is 3.92. The summed E-state index contributed by atoms with van der Waals surface area (Å²) in [5.74, 6) is 0.783. The molecule has 5 nitrogen and oxygen atoms in total. The number of methoxy groups -OCH3 is 1. The molecule has 0 bridgehead atoms. The molecular formula is C20H25NO4S. The smallest absolute Gasteiger partial charge is 0.341 e. The van der Waals surface area contributed by atoms with E-state index in [1.54, 1.807) is 13.0 Å². The summed E-state index contributed by atoms with van der Waals surface area (Å²) in [5.41, 5.74) is 1.76. The Hall–Kier alpha value is -2.21. The van der Waals surface area contributed by atoms with Crippen molar-refractivity contribution >= 4 is 23.6 Å². The normalized spacial score (nSPS) is 11.3. The van der Waals surface area contributed by atoms with Gasteiger partial charge in [-0.25, -0.2) is 4.79 Å². The Morgan fingerprint density at radius 2 is 1.85 bits per heavy atom. The molecular weight excluding hydrogens is 350 g/mol. The van der Waals surface area contributed by atoms with E-state index in [1.807, 2.05) is 12.1 Å². The largest absolute Gasteiger partial charge is 0.465 e. The lowest BCUT2D eigenvalue weighted by Gasteiger charge is -2.19. The number of esters is 1. The molecule has 1 amide bonds. The fourth-order valence-corrected chi connectivity index (χ4v) is 3.11. The topological polar surface area (TPSA) is 68.5 Å². The molecule has 6 heteroatoms. The van der Waals surface area contributed by atoms with Gasteiger partial charge in [-0.05, 0) is 36.1 Å². The molecule has 140 valence electrons. The van der Waals surface area contributed by atoms with Crippen molar-refractivity contribution in [3.8, 4) is 0 Å². The molecule has 1 aromatic carbocycles. The maximum Gasteiger partial charge on any atom is 0.341 e. The van der Waals surface area contributed by atoms with E-state index in [0.717, 1.165) is 4.90 Å². The van der Waals surface area contributed by atoms with Crippen LogP contribution in [0.2, 0.25) is 0 Å². The number of rotatable bonds is 6. The quantitative estimate of drug-likeness (QED) is 0.609. The van der Waals surface area contributed by atoms with Crippen molar-refractivity contribution < 1.29 is 18.7 Å². The van der Waals surface area contributed by atoms with Gasteiger partial charge in [-0.15, -0.1) is 11.8 Å². The predicted molar refractivity (Wildman–Crippen MR) is 102 cm³/mol. The van der Waals surface area contributed by atoms with E-state index < -0.39 is 5.97 Å². The summed E-state index contributed by atoms with van der Waals surface area (Å²) in [6.45, 7) is 8.44. The molecule has 0 aliphatic heterocycles. The van der Waals surface area contributed by atoms with Crippen LogP contribution in [-0.2, 0) is 21.5 Å². The number of carbonyl (C=O) groups is 2. The molecule has 0 unspecified atom stereocenters. The lowest BCUT2D eigenvalue weighted by atomic mass is 9.87. The molecule has 0 radical (unpaired) electrons. The van der Waals surface area contributed by atoms with E-state index in [1.165, 1.54) is 24.4 Å². The first kappa shape index (κ1) is 20.1. The van der Waals surface area contributed by atoms with Crippen LogP contribution in [0.5, 0.6) is 0 Å². The van der Waals surface area contributed by atoms with E-state index in [9.17, 15) is 9.59 Å². The van der Waals surface area contributed by atoms with Gasteiger partial charge in [0, 0.05) is 4.90 Å². The van der Waals surface area contributed by atoms with Crippen LogP contribution >= 0.6 is 11.8 Å². The molecule has 2 aromatic rings. The molecule has 1 N–H and O–H groups in total. The van der Waals surface area contributed by atoms with Crippen molar-refractivity contribution in [1.29, 1.82) is 0 Å². The van der Waals surface area contributed by atoms with E-state index >= 15 is 0 Å². The number of amides is 1. The van der Waals surface area contributed by atoms with Gasteiger partial charge in [0.1, 0.15) is 17.1 Å². The zero-order valence-electron chi connectivity index (χ0n) is 15.8. The average Bonchev–Trinajstić information content (AvgIpc) is 2.98. The zero-order chi connectivity index (χ0) is 19.3. The zero-order valence-corrected chi connectivity index (χ0v) is 16.7. The fourth-order valence-electron chi connectivity index (χ4n) is 2.38. The predicted octanol–water partition coefficient (Wildman–Crippen LogP) is 4.08. The van der Waals surface area contributed by atoms with Crippen LogP contribution in [0.15, 0.2) is 39.6 Å². The number of hydrogen-bond donors (Lipinski definition) is 1. The lowest BCUT2D eigenvalue weighted by Crippen LogP contribution is -2.24. The van der Waals surface area contributed by atoms with Crippen LogP contribution in [0, 0.1) is 6.92 Å². The highest BCUT2D eigenvalue weighted by molar-refractivity contribution is 8.00. The van der Waals surface area contributed by atoms with Gasteiger partial charge in [0.2, 0.25) is 5.91 Å². The molecule has 0 atom stereocenters. The number of furan rings is 1. The number of benzene rings is 1. The van der Waals surface area contributed by atoms with Crippen molar-refractivity contribution in [2.45, 2.75) is 44.6 Å². The second-order valence-corrected chi connectivity index (χ2v) is 8.06. The Bertz CT molecular complexity index is 772. The molecule has 1 aromatic heterocycles. The van der Waals surface area contributed by atoms with Gasteiger partial charge in [-0.3, -0.25) is 4.79 Å². The third-order valence-corrected chi connectivity index (χ3v) is 4.94. The highest BCUT2D eigenvalue weighted by Crippen LogP contribution is 2.25. The van der Waals surface area contributed by atoms with Crippen LogP contribution in [0.25, 0.3) is 0 Å². The molecule has 26 heavy (non-hydrogen) atoms. The molecule has 0 saturated carbocycles. The Labute approximate surface area is 158 Å². The Kier molecular flexibility index (Phi) is 6.53. The van der Waals surface area contributed by atoms with E-state index in [4.69, 9.17) is 4.42 Å².